The largest absolute Gasteiger partial charge is 0.497 e. The lowest BCUT2D eigenvalue weighted by Gasteiger charge is -2.17. The Labute approximate surface area is 144 Å². The second-order valence-electron chi connectivity index (χ2n) is 6.79. The topological polar surface area (TPSA) is 29.5 Å². The standard InChI is InChI=1S/C21H25NO2/c1-15(2)16-4-6-18(7-5-16)21(23)22-13-12-19(14-22)17-8-10-20(24-3)11-9-17/h4-11,15,19H,12-14H2,1-3H3. The smallest absolute Gasteiger partial charge is 0.253 e. The SMILES string of the molecule is COc1ccc(C2CCN(C(=O)c3ccc(C(C)C)cc3)C2)cc1. The summed E-state index contributed by atoms with van der Waals surface area (Å²) < 4.78 is 5.21. The third-order valence-electron chi connectivity index (χ3n) is 4.89. The van der Waals surface area contributed by atoms with E-state index in [1.165, 1.54) is 11.1 Å². The molecule has 0 N–H and O–H groups in total. The van der Waals surface area contributed by atoms with Crippen LogP contribution in [0.3, 0.4) is 0 Å². The number of hydrogen-bond acceptors (Lipinski definition) is 2. The minimum atomic E-state index is 0.140. The quantitative estimate of drug-likeness (QED) is 0.832. The molecule has 0 radical (unpaired) electrons. The molecule has 1 aliphatic rings. The maximum atomic E-state index is 12.7. The molecular weight excluding hydrogens is 298 g/mol. The van der Waals surface area contributed by atoms with Gasteiger partial charge in [-0.3, -0.25) is 4.79 Å². The summed E-state index contributed by atoms with van der Waals surface area (Å²) in [4.78, 5) is 14.7. The average Bonchev–Trinajstić information content (AvgIpc) is 3.11. The lowest BCUT2D eigenvalue weighted by atomic mass is 9.98. The highest BCUT2D eigenvalue weighted by Crippen LogP contribution is 2.29. The molecule has 1 atom stereocenters. The van der Waals surface area contributed by atoms with Crippen molar-refractivity contribution in [3.63, 3.8) is 0 Å². The van der Waals surface area contributed by atoms with Gasteiger partial charge in [0.1, 0.15) is 5.75 Å². The fourth-order valence-electron chi connectivity index (χ4n) is 3.29. The highest BCUT2D eigenvalue weighted by atomic mass is 16.5. The van der Waals surface area contributed by atoms with Crippen molar-refractivity contribution in [2.24, 2.45) is 0 Å². The molecule has 24 heavy (non-hydrogen) atoms. The van der Waals surface area contributed by atoms with E-state index in [0.717, 1.165) is 30.8 Å². The predicted octanol–water partition coefficient (Wildman–Crippen LogP) is 4.45. The van der Waals surface area contributed by atoms with Gasteiger partial charge < -0.3 is 9.64 Å². The Bertz CT molecular complexity index is 689. The monoisotopic (exact) mass is 323 g/mol. The third kappa shape index (κ3) is 3.45. The molecule has 1 fully saturated rings. The number of methoxy groups -OCH3 is 1. The molecule has 1 unspecified atom stereocenters. The van der Waals surface area contributed by atoms with Gasteiger partial charge in [-0.1, -0.05) is 38.1 Å². The molecule has 1 heterocycles. The summed E-state index contributed by atoms with van der Waals surface area (Å²) in [7, 11) is 1.68. The van der Waals surface area contributed by atoms with Crippen LogP contribution in [-0.2, 0) is 0 Å². The van der Waals surface area contributed by atoms with Crippen LogP contribution in [-0.4, -0.2) is 31.0 Å². The van der Waals surface area contributed by atoms with Crippen LogP contribution in [0.25, 0.3) is 0 Å². The van der Waals surface area contributed by atoms with Crippen LogP contribution in [0.5, 0.6) is 5.75 Å². The lowest BCUT2D eigenvalue weighted by Crippen LogP contribution is -2.28. The number of carbonyl (C=O) groups is 1. The van der Waals surface area contributed by atoms with Gasteiger partial charge >= 0.3 is 0 Å². The normalized spacial score (nSPS) is 17.3. The minimum Gasteiger partial charge on any atom is -0.497 e. The number of likely N-dealkylation sites (tertiary alicyclic amines) is 1. The molecular formula is C21H25NO2. The summed E-state index contributed by atoms with van der Waals surface area (Å²) in [6.07, 6.45) is 1.02. The molecule has 0 spiro atoms. The van der Waals surface area contributed by atoms with E-state index >= 15 is 0 Å². The van der Waals surface area contributed by atoms with Crippen LogP contribution in [0, 0.1) is 0 Å². The van der Waals surface area contributed by atoms with E-state index < -0.39 is 0 Å². The number of hydrogen-bond donors (Lipinski definition) is 0. The second-order valence-corrected chi connectivity index (χ2v) is 6.79. The van der Waals surface area contributed by atoms with Crippen molar-refractivity contribution in [3.8, 4) is 5.75 Å². The van der Waals surface area contributed by atoms with Crippen LogP contribution in [0.1, 0.15) is 53.6 Å². The Kier molecular flexibility index (Phi) is 4.89. The maximum absolute atomic E-state index is 12.7. The zero-order valence-electron chi connectivity index (χ0n) is 14.7. The Morgan fingerprint density at radius 3 is 2.33 bits per heavy atom. The van der Waals surface area contributed by atoms with E-state index in [1.807, 2.05) is 29.2 Å². The van der Waals surface area contributed by atoms with Crippen molar-refractivity contribution in [1.29, 1.82) is 0 Å². The number of ether oxygens (including phenoxy) is 1. The van der Waals surface area contributed by atoms with E-state index in [1.54, 1.807) is 7.11 Å². The number of benzene rings is 2. The fourth-order valence-corrected chi connectivity index (χ4v) is 3.29. The zero-order chi connectivity index (χ0) is 17.1. The number of carbonyl (C=O) groups excluding carboxylic acids is 1. The van der Waals surface area contributed by atoms with E-state index in [0.29, 0.717) is 11.8 Å². The number of nitrogens with zero attached hydrogens (tertiary/aromatic N) is 1. The van der Waals surface area contributed by atoms with Gasteiger partial charge in [-0.15, -0.1) is 0 Å². The van der Waals surface area contributed by atoms with Gasteiger partial charge in [0.15, 0.2) is 0 Å². The van der Waals surface area contributed by atoms with Crippen LogP contribution in [0.15, 0.2) is 48.5 Å². The molecule has 2 aromatic carbocycles. The van der Waals surface area contributed by atoms with Crippen LogP contribution >= 0.6 is 0 Å². The number of amides is 1. The van der Waals surface area contributed by atoms with Crippen molar-refractivity contribution in [2.75, 3.05) is 20.2 Å². The van der Waals surface area contributed by atoms with Crippen LogP contribution in [0.2, 0.25) is 0 Å². The summed E-state index contributed by atoms with van der Waals surface area (Å²) in [5.41, 5.74) is 3.33. The molecule has 1 amide bonds. The summed E-state index contributed by atoms with van der Waals surface area (Å²) in [5.74, 6) is 1.91. The molecule has 1 saturated heterocycles. The molecule has 3 nitrogen and oxygen atoms in total. The van der Waals surface area contributed by atoms with Gasteiger partial charge in [0, 0.05) is 24.6 Å². The molecule has 3 heteroatoms. The third-order valence-corrected chi connectivity index (χ3v) is 4.89. The van der Waals surface area contributed by atoms with Crippen molar-refractivity contribution < 1.29 is 9.53 Å². The van der Waals surface area contributed by atoms with E-state index in [4.69, 9.17) is 4.74 Å². The highest BCUT2D eigenvalue weighted by molar-refractivity contribution is 5.94. The molecule has 126 valence electrons. The van der Waals surface area contributed by atoms with Gasteiger partial charge in [0.2, 0.25) is 0 Å². The van der Waals surface area contributed by atoms with E-state index in [-0.39, 0.29) is 5.91 Å². The summed E-state index contributed by atoms with van der Waals surface area (Å²) in [6.45, 7) is 5.94. The molecule has 0 saturated carbocycles. The Morgan fingerprint density at radius 2 is 1.75 bits per heavy atom. The summed E-state index contributed by atoms with van der Waals surface area (Å²) >= 11 is 0. The molecule has 2 aromatic rings. The first-order valence-corrected chi connectivity index (χ1v) is 8.61. The second kappa shape index (κ2) is 7.08. The van der Waals surface area contributed by atoms with Crippen molar-refractivity contribution in [2.45, 2.75) is 32.1 Å². The first kappa shape index (κ1) is 16.6. The van der Waals surface area contributed by atoms with Gasteiger partial charge in [-0.05, 0) is 47.7 Å². The molecule has 1 aliphatic heterocycles. The van der Waals surface area contributed by atoms with Crippen LogP contribution < -0.4 is 4.74 Å². The first-order chi connectivity index (χ1) is 11.6. The van der Waals surface area contributed by atoms with E-state index in [2.05, 4.69) is 38.1 Å². The van der Waals surface area contributed by atoms with Gasteiger partial charge in [0.25, 0.3) is 5.91 Å². The lowest BCUT2D eigenvalue weighted by molar-refractivity contribution is 0.0791. The van der Waals surface area contributed by atoms with Gasteiger partial charge in [-0.2, -0.15) is 0 Å². The Balaban J connectivity index is 1.66. The van der Waals surface area contributed by atoms with Crippen molar-refractivity contribution in [1.82, 2.24) is 4.90 Å². The number of rotatable bonds is 4. The summed E-state index contributed by atoms with van der Waals surface area (Å²) in [6, 6.07) is 16.2. The van der Waals surface area contributed by atoms with Gasteiger partial charge in [-0.25, -0.2) is 0 Å². The Hall–Kier alpha value is -2.29. The Morgan fingerprint density at radius 1 is 1.08 bits per heavy atom. The molecule has 0 bridgehead atoms. The molecule has 3 rings (SSSR count). The van der Waals surface area contributed by atoms with Crippen molar-refractivity contribution in [3.05, 3.63) is 65.2 Å². The predicted molar refractivity (Wildman–Crippen MR) is 96.8 cm³/mol. The molecule has 0 aliphatic carbocycles. The van der Waals surface area contributed by atoms with E-state index in [9.17, 15) is 4.79 Å². The first-order valence-electron chi connectivity index (χ1n) is 8.61. The highest BCUT2D eigenvalue weighted by Gasteiger charge is 2.27. The fraction of sp³-hybridized carbons (Fsp3) is 0.381. The molecule has 0 aromatic heterocycles. The average molecular weight is 323 g/mol. The van der Waals surface area contributed by atoms with Gasteiger partial charge in [0.05, 0.1) is 7.11 Å². The van der Waals surface area contributed by atoms with Crippen LogP contribution in [0.4, 0.5) is 0 Å². The summed E-state index contributed by atoms with van der Waals surface area (Å²) in [5, 5.41) is 0. The van der Waals surface area contributed by atoms with Crippen molar-refractivity contribution >= 4 is 5.91 Å². The zero-order valence-corrected chi connectivity index (χ0v) is 14.7. The minimum absolute atomic E-state index is 0.140. The maximum Gasteiger partial charge on any atom is 0.253 e.